The highest BCUT2D eigenvalue weighted by Crippen LogP contribution is 2.29. The van der Waals surface area contributed by atoms with Gasteiger partial charge in [-0.2, -0.15) is 9.61 Å². The second-order valence-electron chi connectivity index (χ2n) is 7.73. The Balaban J connectivity index is 1.54. The molecule has 0 unspecified atom stereocenters. The molecule has 5 rings (SSSR count). The van der Waals surface area contributed by atoms with Crippen LogP contribution in [0.3, 0.4) is 0 Å². The number of carbonyl (C=O) groups is 2. The minimum absolute atomic E-state index is 0.127. The summed E-state index contributed by atoms with van der Waals surface area (Å²) in [5.74, 6) is -0.611. The molecule has 2 aromatic heterocycles. The first-order valence-electron chi connectivity index (χ1n) is 9.99. The number of nitrogens with zero attached hydrogens (tertiary/aromatic N) is 3. The third-order valence-corrected chi connectivity index (χ3v) is 5.44. The van der Waals surface area contributed by atoms with Gasteiger partial charge in [-0.05, 0) is 42.7 Å². The number of fused-ring (bicyclic) bond motifs is 1. The molecule has 1 aliphatic carbocycles. The van der Waals surface area contributed by atoms with Crippen LogP contribution in [0.1, 0.15) is 35.2 Å². The number of rotatable bonds is 5. The minimum Gasteiger partial charge on any atom is -0.367 e. The average Bonchev–Trinajstić information content (AvgIpc) is 3.38. The standard InChI is InChI=1S/C22H18ClFN6O2/c1-11-12(7-20(31)26-11)6-13-10-25-30-19(27-15-3-4-15)9-18(28-21(13)30)29-22(32)16-8-14(23)2-5-17(16)24/h2,5-6,8-10,15,27H,1,3-4,7H2,(H,26,31)(H,28,29,32)/b12-6+. The quantitative estimate of drug-likeness (QED) is 0.547. The summed E-state index contributed by atoms with van der Waals surface area (Å²) in [6, 6.07) is 5.74. The van der Waals surface area contributed by atoms with Gasteiger partial charge in [-0.3, -0.25) is 9.59 Å². The first-order valence-corrected chi connectivity index (χ1v) is 10.4. The van der Waals surface area contributed by atoms with Crippen molar-refractivity contribution in [1.82, 2.24) is 19.9 Å². The van der Waals surface area contributed by atoms with Gasteiger partial charge in [-0.15, -0.1) is 0 Å². The molecule has 2 fully saturated rings. The summed E-state index contributed by atoms with van der Waals surface area (Å²) in [7, 11) is 0. The van der Waals surface area contributed by atoms with Crippen LogP contribution >= 0.6 is 11.6 Å². The van der Waals surface area contributed by atoms with Gasteiger partial charge in [0.25, 0.3) is 5.91 Å². The van der Waals surface area contributed by atoms with E-state index in [9.17, 15) is 14.0 Å². The fraction of sp³-hybridized carbons (Fsp3) is 0.182. The lowest BCUT2D eigenvalue weighted by molar-refractivity contribution is -0.118. The van der Waals surface area contributed by atoms with Gasteiger partial charge in [0.1, 0.15) is 17.5 Å². The number of anilines is 2. The fourth-order valence-corrected chi connectivity index (χ4v) is 3.61. The van der Waals surface area contributed by atoms with Gasteiger partial charge in [0.15, 0.2) is 5.65 Å². The fourth-order valence-electron chi connectivity index (χ4n) is 3.44. The summed E-state index contributed by atoms with van der Waals surface area (Å²) >= 11 is 5.91. The number of hydrogen-bond acceptors (Lipinski definition) is 5. The summed E-state index contributed by atoms with van der Waals surface area (Å²) in [6.45, 7) is 3.85. The molecule has 0 bridgehead atoms. The van der Waals surface area contributed by atoms with E-state index in [1.165, 1.54) is 12.1 Å². The molecular weight excluding hydrogens is 435 g/mol. The summed E-state index contributed by atoms with van der Waals surface area (Å²) in [5.41, 5.74) is 2.21. The SMILES string of the molecule is C=C1NC(=O)C/C1=C\c1cnn2c(NC3CC3)cc(NC(=O)c3cc(Cl)ccc3F)nc12. The van der Waals surface area contributed by atoms with Gasteiger partial charge in [0.05, 0.1) is 18.2 Å². The molecule has 0 spiro atoms. The molecule has 1 saturated carbocycles. The Labute approximate surface area is 187 Å². The van der Waals surface area contributed by atoms with Gasteiger partial charge in [0.2, 0.25) is 5.91 Å². The zero-order chi connectivity index (χ0) is 22.4. The lowest BCUT2D eigenvalue weighted by Gasteiger charge is -2.11. The number of nitrogens with one attached hydrogen (secondary N) is 3. The van der Waals surface area contributed by atoms with Crippen molar-refractivity contribution in [3.05, 3.63) is 70.3 Å². The van der Waals surface area contributed by atoms with Crippen LogP contribution in [0.15, 0.2) is 48.3 Å². The third-order valence-electron chi connectivity index (χ3n) is 5.20. The molecule has 2 aliphatic rings. The van der Waals surface area contributed by atoms with E-state index in [1.54, 1.807) is 22.9 Å². The lowest BCUT2D eigenvalue weighted by Crippen LogP contribution is -2.16. The summed E-state index contributed by atoms with van der Waals surface area (Å²) in [5, 5.41) is 13.3. The topological polar surface area (TPSA) is 100 Å². The predicted octanol–water partition coefficient (Wildman–Crippen LogP) is 3.77. The van der Waals surface area contributed by atoms with E-state index >= 15 is 0 Å². The third kappa shape index (κ3) is 3.94. The number of carbonyl (C=O) groups excluding carboxylic acids is 2. The lowest BCUT2D eigenvalue weighted by atomic mass is 10.1. The molecule has 1 aliphatic heterocycles. The molecule has 0 atom stereocenters. The van der Waals surface area contributed by atoms with Crippen LogP contribution in [0.4, 0.5) is 16.0 Å². The van der Waals surface area contributed by atoms with Gasteiger partial charge < -0.3 is 16.0 Å². The van der Waals surface area contributed by atoms with Crippen LogP contribution in [-0.2, 0) is 4.79 Å². The van der Waals surface area contributed by atoms with E-state index in [4.69, 9.17) is 11.6 Å². The van der Waals surface area contributed by atoms with Gasteiger partial charge >= 0.3 is 0 Å². The smallest absolute Gasteiger partial charge is 0.259 e. The molecule has 162 valence electrons. The van der Waals surface area contributed by atoms with Crippen molar-refractivity contribution in [3.63, 3.8) is 0 Å². The summed E-state index contributed by atoms with van der Waals surface area (Å²) in [4.78, 5) is 28.9. The normalized spacial score (nSPS) is 17.1. The zero-order valence-electron chi connectivity index (χ0n) is 16.8. The van der Waals surface area contributed by atoms with E-state index < -0.39 is 11.7 Å². The van der Waals surface area contributed by atoms with E-state index in [2.05, 4.69) is 32.6 Å². The van der Waals surface area contributed by atoms with Crippen LogP contribution in [0.25, 0.3) is 11.7 Å². The molecule has 8 nitrogen and oxygen atoms in total. The van der Waals surface area contributed by atoms with Crippen molar-refractivity contribution in [2.45, 2.75) is 25.3 Å². The number of halogens is 2. The molecule has 3 aromatic rings. The van der Waals surface area contributed by atoms with Crippen molar-refractivity contribution in [3.8, 4) is 0 Å². The molecule has 3 heterocycles. The maximum absolute atomic E-state index is 14.1. The van der Waals surface area contributed by atoms with Gasteiger partial charge in [-0.1, -0.05) is 18.2 Å². The van der Waals surface area contributed by atoms with Crippen LogP contribution in [0, 0.1) is 5.82 Å². The monoisotopic (exact) mass is 452 g/mol. The number of aromatic nitrogens is 3. The van der Waals surface area contributed by atoms with Gasteiger partial charge in [-0.25, -0.2) is 9.37 Å². The van der Waals surface area contributed by atoms with Crippen molar-refractivity contribution < 1.29 is 14.0 Å². The highest BCUT2D eigenvalue weighted by molar-refractivity contribution is 6.31. The highest BCUT2D eigenvalue weighted by atomic mass is 35.5. The Morgan fingerprint density at radius 3 is 2.88 bits per heavy atom. The van der Waals surface area contributed by atoms with Gasteiger partial charge in [0, 0.05) is 28.4 Å². The maximum Gasteiger partial charge on any atom is 0.259 e. The Morgan fingerprint density at radius 2 is 2.16 bits per heavy atom. The first-order chi connectivity index (χ1) is 15.4. The summed E-state index contributed by atoms with van der Waals surface area (Å²) < 4.78 is 15.8. The molecular formula is C22H18ClFN6O2. The van der Waals surface area contributed by atoms with Crippen molar-refractivity contribution in [2.24, 2.45) is 0 Å². The maximum atomic E-state index is 14.1. The molecule has 1 aromatic carbocycles. The second-order valence-corrected chi connectivity index (χ2v) is 8.17. The molecule has 32 heavy (non-hydrogen) atoms. The second kappa shape index (κ2) is 7.76. The average molecular weight is 453 g/mol. The number of amides is 2. The number of allylic oxidation sites excluding steroid dienone is 1. The van der Waals surface area contributed by atoms with Crippen LogP contribution < -0.4 is 16.0 Å². The Morgan fingerprint density at radius 1 is 1.34 bits per heavy atom. The number of benzene rings is 1. The first kappa shape index (κ1) is 20.2. The zero-order valence-corrected chi connectivity index (χ0v) is 17.5. The van der Waals surface area contributed by atoms with Crippen molar-refractivity contribution >= 4 is 46.8 Å². The largest absolute Gasteiger partial charge is 0.367 e. The number of hydrogen-bond donors (Lipinski definition) is 3. The van der Waals surface area contributed by atoms with E-state index in [0.717, 1.165) is 24.5 Å². The van der Waals surface area contributed by atoms with Crippen LogP contribution in [0.2, 0.25) is 5.02 Å². The van der Waals surface area contributed by atoms with Crippen LogP contribution in [-0.4, -0.2) is 32.5 Å². The highest BCUT2D eigenvalue weighted by Gasteiger charge is 2.24. The predicted molar refractivity (Wildman–Crippen MR) is 119 cm³/mol. The molecule has 3 N–H and O–H groups in total. The molecule has 1 saturated heterocycles. The summed E-state index contributed by atoms with van der Waals surface area (Å²) in [6.07, 6.45) is 5.70. The van der Waals surface area contributed by atoms with Crippen molar-refractivity contribution in [2.75, 3.05) is 10.6 Å². The van der Waals surface area contributed by atoms with E-state index in [0.29, 0.717) is 28.8 Å². The van der Waals surface area contributed by atoms with E-state index in [-0.39, 0.29) is 28.7 Å². The van der Waals surface area contributed by atoms with Crippen molar-refractivity contribution in [1.29, 1.82) is 0 Å². The Kier molecular flexibility index (Phi) is 4.90. The molecule has 0 radical (unpaired) electrons. The molecule has 2 amide bonds. The van der Waals surface area contributed by atoms with E-state index in [1.807, 2.05) is 0 Å². The van der Waals surface area contributed by atoms with Crippen LogP contribution in [0.5, 0.6) is 0 Å². The minimum atomic E-state index is -0.684. The Bertz CT molecular complexity index is 1330. The Hall–Kier alpha value is -3.72. The molecule has 10 heteroatoms.